The van der Waals surface area contributed by atoms with E-state index < -0.39 is 10.1 Å². The number of fused-ring (bicyclic) bond motifs is 6. The van der Waals surface area contributed by atoms with Crippen LogP contribution in [-0.2, 0) is 20.9 Å². The van der Waals surface area contributed by atoms with Crippen molar-refractivity contribution in [3.8, 4) is 0 Å². The number of anilines is 2. The first-order valence-electron chi connectivity index (χ1n) is 21.9. The average Bonchev–Trinajstić information content (AvgIpc) is 3.81. The topological polar surface area (TPSA) is 66.7 Å². The van der Waals surface area contributed by atoms with Gasteiger partial charge in [-0.3, -0.25) is 0 Å². The van der Waals surface area contributed by atoms with Gasteiger partial charge >= 0.3 is 0 Å². The molecular weight excluding hydrogens is 886 g/mol. The number of allylic oxidation sites excluding steroid dienone is 7. The summed E-state index contributed by atoms with van der Waals surface area (Å²) in [6.07, 6.45) is 15.8. The van der Waals surface area contributed by atoms with Gasteiger partial charge in [0.25, 0.3) is 0 Å². The first kappa shape index (κ1) is 43.2. The Hall–Kier alpha value is -4.51. The van der Waals surface area contributed by atoms with E-state index >= 15 is 0 Å². The number of halogens is 1. The van der Waals surface area contributed by atoms with E-state index in [2.05, 4.69) is 200 Å². The van der Waals surface area contributed by atoms with Crippen molar-refractivity contribution in [2.24, 2.45) is 0 Å². The van der Waals surface area contributed by atoms with Crippen LogP contribution >= 0.6 is 22.6 Å². The molecule has 5 aromatic carbocycles. The van der Waals surface area contributed by atoms with E-state index in [0.29, 0.717) is 19.4 Å². The van der Waals surface area contributed by atoms with Gasteiger partial charge in [-0.25, -0.2) is 8.42 Å². The highest BCUT2D eigenvalue weighted by atomic mass is 127. The summed E-state index contributed by atoms with van der Waals surface area (Å²) in [5.74, 6) is -0.345. The van der Waals surface area contributed by atoms with E-state index in [0.717, 1.165) is 37.2 Å². The maximum absolute atomic E-state index is 11.5. The second-order valence-electron chi connectivity index (χ2n) is 18.0. The summed E-state index contributed by atoms with van der Waals surface area (Å²) in [5.41, 5.74) is 12.2. The summed E-state index contributed by atoms with van der Waals surface area (Å²) in [6.45, 7) is 13.3. The molecule has 0 radical (unpaired) electrons. The summed E-state index contributed by atoms with van der Waals surface area (Å²) < 4.78 is 38.4. The maximum Gasteiger partial charge on any atom is 0.210 e. The lowest BCUT2D eigenvalue weighted by molar-refractivity contribution is -0.438. The van der Waals surface area contributed by atoms with E-state index in [-0.39, 0.29) is 16.6 Å². The zero-order valence-electron chi connectivity index (χ0n) is 36.5. The van der Waals surface area contributed by atoms with Gasteiger partial charge in [-0.1, -0.05) is 100 Å². The number of hydrogen-bond acceptors (Lipinski definition) is 5. The van der Waals surface area contributed by atoms with Gasteiger partial charge in [0, 0.05) is 75.2 Å². The minimum Gasteiger partial charge on any atom is -0.748 e. The molecule has 61 heavy (non-hydrogen) atoms. The fourth-order valence-corrected chi connectivity index (χ4v) is 11.3. The van der Waals surface area contributed by atoms with Gasteiger partial charge in [0.05, 0.1) is 15.5 Å². The van der Waals surface area contributed by atoms with Crippen molar-refractivity contribution in [1.82, 2.24) is 0 Å². The molecule has 2 aliphatic heterocycles. The molecule has 0 unspecified atom stereocenters. The van der Waals surface area contributed by atoms with Gasteiger partial charge in [0.1, 0.15) is 6.54 Å². The molecular formula is C53H58IN3O3S. The zero-order chi connectivity index (χ0) is 43.1. The molecule has 0 fully saturated rings. The van der Waals surface area contributed by atoms with E-state index in [1.54, 1.807) is 0 Å². The van der Waals surface area contributed by atoms with Crippen molar-refractivity contribution >= 4 is 77.0 Å². The van der Waals surface area contributed by atoms with Gasteiger partial charge in [0.2, 0.25) is 5.69 Å². The first-order chi connectivity index (χ1) is 29.2. The SMILES string of the molecule is CCCCC[N+]1=C(/C=C/C2=C(N(C)c3cccc(I)c3)C(=C/C=C3/N(CCCCS(=O)(=O)[O-])c4ccc5ccccc5c4C3(C)C)/CC2)C(C)(C)c2c1ccc1ccccc21. The molecule has 8 rings (SSSR count). The third-order valence-electron chi connectivity index (χ3n) is 13.2. The van der Waals surface area contributed by atoms with Gasteiger partial charge in [-0.2, -0.15) is 4.58 Å². The van der Waals surface area contributed by atoms with Gasteiger partial charge < -0.3 is 14.4 Å². The smallest absolute Gasteiger partial charge is 0.210 e. The van der Waals surface area contributed by atoms with Crippen LogP contribution in [0.3, 0.4) is 0 Å². The van der Waals surface area contributed by atoms with Crippen LogP contribution in [0.5, 0.6) is 0 Å². The Bertz CT molecular complexity index is 2790. The normalized spacial score (nSPS) is 18.5. The molecule has 0 saturated heterocycles. The molecule has 6 nitrogen and oxygen atoms in total. The molecule has 8 heteroatoms. The molecule has 2 heterocycles. The molecule has 316 valence electrons. The molecule has 0 aromatic heterocycles. The summed E-state index contributed by atoms with van der Waals surface area (Å²) in [6, 6.07) is 35.1. The van der Waals surface area contributed by atoms with Crippen LogP contribution < -0.4 is 9.80 Å². The van der Waals surface area contributed by atoms with Gasteiger partial charge in [0.15, 0.2) is 5.71 Å². The Labute approximate surface area is 377 Å². The number of likely N-dealkylation sites (N-methyl/N-ethyl adjacent to an activating group) is 1. The highest BCUT2D eigenvalue weighted by Crippen LogP contribution is 2.51. The monoisotopic (exact) mass is 943 g/mol. The number of nitrogens with zero attached hydrogens (tertiary/aromatic N) is 3. The summed E-state index contributed by atoms with van der Waals surface area (Å²) in [5, 5.41) is 5.05. The number of benzene rings is 5. The van der Waals surface area contributed by atoms with Gasteiger partial charge in [-0.05, 0) is 143 Å². The Morgan fingerprint density at radius 3 is 2.20 bits per heavy atom. The number of rotatable bonds is 14. The molecule has 0 N–H and O–H groups in total. The number of hydrogen-bond donors (Lipinski definition) is 0. The molecule has 0 atom stereocenters. The first-order valence-corrected chi connectivity index (χ1v) is 24.6. The van der Waals surface area contributed by atoms with Crippen LogP contribution in [0.15, 0.2) is 144 Å². The predicted molar refractivity (Wildman–Crippen MR) is 264 cm³/mol. The predicted octanol–water partition coefficient (Wildman–Crippen LogP) is 12.8. The van der Waals surface area contributed by atoms with E-state index in [4.69, 9.17) is 0 Å². The highest BCUT2D eigenvalue weighted by Gasteiger charge is 2.46. The summed E-state index contributed by atoms with van der Waals surface area (Å²) in [4.78, 5) is 4.74. The van der Waals surface area contributed by atoms with Crippen LogP contribution in [0.1, 0.15) is 90.7 Å². The zero-order valence-corrected chi connectivity index (χ0v) is 39.4. The van der Waals surface area contributed by atoms with Crippen LogP contribution in [0, 0.1) is 3.57 Å². The average molecular weight is 944 g/mol. The molecule has 5 aromatic rings. The standard InChI is InChI=1S/C53H58IN3O3S/c1-7-8-13-33-56-45-29-25-37-17-9-11-21-43(37)49(45)52(2,3)47(56)31-27-39-23-24-40(51(39)55(6)42-20-16-19-41(54)36-42)28-32-48-53(4,5)50-44-22-12-10-18-38(44)26-30-46(50)57(48)34-14-15-35-61(58,59)60/h9-12,16-22,25-32,36H,7-8,13-15,23-24,33-35H2,1-6H3. The molecule has 0 spiro atoms. The molecule has 1 aliphatic carbocycles. The van der Waals surface area contributed by atoms with Crippen molar-refractivity contribution < 1.29 is 17.5 Å². The van der Waals surface area contributed by atoms with Crippen LogP contribution in [0.2, 0.25) is 0 Å². The molecule has 3 aliphatic rings. The van der Waals surface area contributed by atoms with Crippen molar-refractivity contribution in [2.75, 3.05) is 35.7 Å². The molecule has 0 saturated carbocycles. The fraction of sp³-hybridized carbons (Fsp3) is 0.340. The van der Waals surface area contributed by atoms with Crippen molar-refractivity contribution in [3.63, 3.8) is 0 Å². The Balaban J connectivity index is 1.23. The minimum atomic E-state index is -4.27. The molecule has 0 bridgehead atoms. The Kier molecular flexibility index (Phi) is 12.3. The lowest BCUT2D eigenvalue weighted by Gasteiger charge is -2.28. The lowest BCUT2D eigenvalue weighted by atomic mass is 9.79. The van der Waals surface area contributed by atoms with Crippen molar-refractivity contribution in [2.45, 2.75) is 90.4 Å². The minimum absolute atomic E-state index is 0.183. The Morgan fingerprint density at radius 1 is 0.787 bits per heavy atom. The lowest BCUT2D eigenvalue weighted by Crippen LogP contribution is -2.28. The van der Waals surface area contributed by atoms with Gasteiger partial charge in [-0.15, -0.1) is 0 Å². The summed E-state index contributed by atoms with van der Waals surface area (Å²) in [7, 11) is -2.07. The Morgan fingerprint density at radius 2 is 1.49 bits per heavy atom. The van der Waals surface area contributed by atoms with E-state index in [1.807, 2.05) is 0 Å². The fourth-order valence-electron chi connectivity index (χ4n) is 10.3. The molecule has 0 amide bonds. The van der Waals surface area contributed by atoms with E-state index in [9.17, 15) is 13.0 Å². The third kappa shape index (κ3) is 8.40. The van der Waals surface area contributed by atoms with Crippen molar-refractivity contribution in [3.05, 3.63) is 159 Å². The van der Waals surface area contributed by atoms with E-state index in [1.165, 1.54) is 83.0 Å². The maximum atomic E-state index is 11.5. The van der Waals surface area contributed by atoms with Crippen LogP contribution in [0.25, 0.3) is 21.5 Å². The van der Waals surface area contributed by atoms with Crippen LogP contribution in [-0.4, -0.2) is 49.1 Å². The van der Waals surface area contributed by atoms with Crippen molar-refractivity contribution in [1.29, 1.82) is 0 Å². The quantitative estimate of drug-likeness (QED) is 0.0480. The second-order valence-corrected chi connectivity index (χ2v) is 20.7. The third-order valence-corrected chi connectivity index (χ3v) is 14.7. The number of unbranched alkanes of at least 4 members (excludes halogenated alkanes) is 3. The second kappa shape index (κ2) is 17.3. The largest absolute Gasteiger partial charge is 0.748 e. The van der Waals surface area contributed by atoms with Crippen LogP contribution in [0.4, 0.5) is 17.1 Å². The highest BCUT2D eigenvalue weighted by molar-refractivity contribution is 14.1. The summed E-state index contributed by atoms with van der Waals surface area (Å²) >= 11 is 2.41.